The van der Waals surface area contributed by atoms with E-state index in [2.05, 4.69) is 91.0 Å². The molecule has 0 bridgehead atoms. The number of aliphatic imine (C=N–C) groups is 1. The van der Waals surface area contributed by atoms with Crippen molar-refractivity contribution in [1.82, 2.24) is 0 Å². The molecule has 0 saturated carbocycles. The molecule has 0 amide bonds. The summed E-state index contributed by atoms with van der Waals surface area (Å²) < 4.78 is 1.24. The summed E-state index contributed by atoms with van der Waals surface area (Å²) in [6.45, 7) is -1.28. The van der Waals surface area contributed by atoms with E-state index in [-0.39, 0.29) is 22.4 Å². The monoisotopic (exact) mass is 578 g/mol. The zero-order valence-corrected chi connectivity index (χ0v) is 18.9. The molecule has 1 aliphatic rings. The third-order valence-corrected chi connectivity index (χ3v) is 13.8. The van der Waals surface area contributed by atoms with E-state index in [4.69, 9.17) is 4.99 Å². The summed E-state index contributed by atoms with van der Waals surface area (Å²) >= 11 is 3.91. The first-order chi connectivity index (χ1) is 12.4. The molecule has 0 aliphatic carbocycles. The fourth-order valence-corrected chi connectivity index (χ4v) is 12.9. The molecular formula is C21H20AuNPS2. The first kappa shape index (κ1) is 19.9. The second-order valence-corrected chi connectivity index (χ2v) is 13.4. The van der Waals surface area contributed by atoms with Gasteiger partial charge < -0.3 is 0 Å². The van der Waals surface area contributed by atoms with Crippen molar-refractivity contribution in [1.29, 1.82) is 0 Å². The van der Waals surface area contributed by atoms with Crippen LogP contribution in [0.15, 0.2) is 96.0 Å². The van der Waals surface area contributed by atoms with E-state index in [1.165, 1.54) is 20.3 Å². The van der Waals surface area contributed by atoms with Crippen LogP contribution in [0, 0.1) is 0 Å². The molecular weight excluding hydrogens is 558 g/mol. The summed E-state index contributed by atoms with van der Waals surface area (Å²) in [7, 11) is 0. The maximum atomic E-state index is 4.77. The van der Waals surface area contributed by atoms with Crippen molar-refractivity contribution in [3.8, 4) is 0 Å². The number of nitrogens with zero attached hydrogens (tertiary/aromatic N) is 1. The van der Waals surface area contributed by atoms with E-state index in [1.807, 2.05) is 23.1 Å². The van der Waals surface area contributed by atoms with E-state index < -0.39 is 6.46 Å². The van der Waals surface area contributed by atoms with Gasteiger partial charge in [-0.1, -0.05) is 0 Å². The van der Waals surface area contributed by atoms with Crippen molar-refractivity contribution in [2.45, 2.75) is 0 Å². The van der Waals surface area contributed by atoms with Crippen LogP contribution in [0.5, 0.6) is 0 Å². The molecule has 0 N–H and O–H groups in total. The molecule has 0 unspecified atom stereocenters. The van der Waals surface area contributed by atoms with Crippen LogP contribution in [0.3, 0.4) is 0 Å². The first-order valence-electron chi connectivity index (χ1n) is 8.42. The van der Waals surface area contributed by atoms with E-state index >= 15 is 0 Å². The number of rotatable bonds is 4. The standard InChI is InChI=1S/C21H20NPS2.Au/c1-4-10-18(11-5-1)23(19-12-6-2-7-13-19,20-14-8-3-9-15-20)25-21-22-16-17-24-21;/h1-15,23H,16-17H2;. The van der Waals surface area contributed by atoms with Crippen LogP contribution in [0.4, 0.5) is 0 Å². The van der Waals surface area contributed by atoms with E-state index in [1.54, 1.807) is 0 Å². The summed E-state index contributed by atoms with van der Waals surface area (Å²) in [5, 5.41) is 4.27. The van der Waals surface area contributed by atoms with Gasteiger partial charge in [0.05, 0.1) is 0 Å². The molecule has 137 valence electrons. The van der Waals surface area contributed by atoms with Gasteiger partial charge in [-0.15, -0.1) is 0 Å². The molecule has 5 heteroatoms. The predicted octanol–water partition coefficient (Wildman–Crippen LogP) is 4.46. The van der Waals surface area contributed by atoms with Crippen LogP contribution >= 0.6 is 29.6 Å². The van der Waals surface area contributed by atoms with Gasteiger partial charge in [0.25, 0.3) is 0 Å². The summed E-state index contributed by atoms with van der Waals surface area (Å²) in [5.74, 6) is 1.10. The fraction of sp³-hybridized carbons (Fsp3) is 0.0952. The summed E-state index contributed by atoms with van der Waals surface area (Å²) in [5.41, 5.74) is 0. The topological polar surface area (TPSA) is 12.4 Å². The van der Waals surface area contributed by atoms with Crippen molar-refractivity contribution in [3.05, 3.63) is 91.0 Å². The summed E-state index contributed by atoms with van der Waals surface area (Å²) in [6.07, 6.45) is 0. The zero-order chi connectivity index (χ0) is 17.0. The Morgan fingerprint density at radius 1 is 0.692 bits per heavy atom. The number of benzene rings is 3. The Labute approximate surface area is 179 Å². The molecule has 26 heavy (non-hydrogen) atoms. The fourth-order valence-electron chi connectivity index (χ4n) is 3.20. The van der Waals surface area contributed by atoms with Gasteiger partial charge in [0.1, 0.15) is 0 Å². The Morgan fingerprint density at radius 2 is 1.12 bits per heavy atom. The van der Waals surface area contributed by atoms with Gasteiger partial charge >= 0.3 is 158 Å². The van der Waals surface area contributed by atoms with Gasteiger partial charge in [0.2, 0.25) is 0 Å². The van der Waals surface area contributed by atoms with Crippen molar-refractivity contribution in [2.24, 2.45) is 4.99 Å². The molecule has 1 nitrogen and oxygen atoms in total. The Morgan fingerprint density at radius 3 is 1.46 bits per heavy atom. The number of thioether (sulfide) groups is 1. The minimum absolute atomic E-state index is 0. The normalized spacial score (nSPS) is 14.4. The third kappa shape index (κ3) is 4.04. The molecule has 0 saturated heterocycles. The number of hydrogen-bond acceptors (Lipinski definition) is 3. The molecule has 4 rings (SSSR count). The van der Waals surface area contributed by atoms with Gasteiger partial charge in [-0.3, -0.25) is 0 Å². The van der Waals surface area contributed by atoms with Gasteiger partial charge in [-0.2, -0.15) is 0 Å². The van der Waals surface area contributed by atoms with Crippen molar-refractivity contribution >= 4 is 49.9 Å². The minimum atomic E-state index is -2.22. The van der Waals surface area contributed by atoms with Crippen molar-refractivity contribution in [3.63, 3.8) is 0 Å². The van der Waals surface area contributed by atoms with Crippen LogP contribution in [-0.2, 0) is 22.4 Å². The Hall–Kier alpha value is -0.800. The molecule has 3 aromatic rings. The molecule has 3 aromatic carbocycles. The van der Waals surface area contributed by atoms with Gasteiger partial charge in [0, 0.05) is 22.4 Å². The Bertz CT molecular complexity index is 760. The quantitative estimate of drug-likeness (QED) is 0.335. The average molecular weight is 578 g/mol. The second-order valence-electron chi connectivity index (χ2n) is 5.88. The maximum absolute atomic E-state index is 4.77. The van der Waals surface area contributed by atoms with Crippen molar-refractivity contribution < 1.29 is 22.4 Å². The molecule has 1 heterocycles. The molecule has 0 fully saturated rings. The predicted molar refractivity (Wildman–Crippen MR) is 119 cm³/mol. The van der Waals surface area contributed by atoms with Gasteiger partial charge in [-0.05, 0) is 0 Å². The molecule has 0 atom stereocenters. The van der Waals surface area contributed by atoms with Gasteiger partial charge in [-0.25, -0.2) is 0 Å². The van der Waals surface area contributed by atoms with Crippen LogP contribution < -0.4 is 15.9 Å². The van der Waals surface area contributed by atoms with Gasteiger partial charge in [0.15, 0.2) is 0 Å². The molecule has 0 aromatic heterocycles. The van der Waals surface area contributed by atoms with Crippen molar-refractivity contribution in [2.75, 3.05) is 12.3 Å². The average Bonchev–Trinajstić information content (AvgIpc) is 3.21. The Balaban J connectivity index is 0.00000196. The summed E-state index contributed by atoms with van der Waals surface area (Å²) in [6, 6.07) is 33.0. The van der Waals surface area contributed by atoms with E-state index in [9.17, 15) is 0 Å². The van der Waals surface area contributed by atoms with Crippen LogP contribution in [-0.4, -0.2) is 16.7 Å². The Kier molecular flexibility index (Phi) is 7.22. The molecule has 1 radical (unpaired) electrons. The third-order valence-electron chi connectivity index (χ3n) is 4.34. The van der Waals surface area contributed by atoms with E-state index in [0.29, 0.717) is 0 Å². The second kappa shape index (κ2) is 9.41. The number of hydrogen-bond donors (Lipinski definition) is 0. The first-order valence-corrected chi connectivity index (χ1v) is 12.9. The molecule has 1 aliphatic heterocycles. The van der Waals surface area contributed by atoms with Crippen LogP contribution in [0.25, 0.3) is 0 Å². The zero-order valence-electron chi connectivity index (χ0n) is 14.1. The van der Waals surface area contributed by atoms with Crippen LogP contribution in [0.1, 0.15) is 0 Å². The SMILES string of the molecule is [Au].c1ccc([PH](SC2=NCCS2)(c2ccccc2)c2ccccc2)cc1. The summed E-state index contributed by atoms with van der Waals surface area (Å²) in [4.78, 5) is 4.77. The van der Waals surface area contributed by atoms with Crippen LogP contribution in [0.2, 0.25) is 0 Å². The van der Waals surface area contributed by atoms with E-state index in [0.717, 1.165) is 12.3 Å². The molecule has 0 spiro atoms.